The molecule has 0 radical (unpaired) electrons. The number of hydrogen-bond acceptors (Lipinski definition) is 7. The molecule has 0 aliphatic carbocycles. The average molecular weight is 417 g/mol. The van der Waals surface area contributed by atoms with Crippen LogP contribution in [0.1, 0.15) is 32.0 Å². The number of benzene rings is 2. The van der Waals surface area contributed by atoms with Crippen LogP contribution in [0.5, 0.6) is 0 Å². The standard InChI is InChI=1S/C20H23N3O5S/c1-14(2)11-18-22-19(28-23-18)13-27-20(24)9-10-21-29(25,26)17-8-7-15-5-3-4-6-16(15)12-17/h3-8,12,14,21H,9-11,13H2,1-2H3. The summed E-state index contributed by atoms with van der Waals surface area (Å²) >= 11 is 0. The van der Waals surface area contributed by atoms with Crippen molar-refractivity contribution in [1.82, 2.24) is 14.9 Å². The Balaban J connectivity index is 1.48. The molecule has 9 heteroatoms. The molecule has 0 atom stereocenters. The monoisotopic (exact) mass is 417 g/mol. The Bertz CT molecular complexity index is 1090. The molecule has 0 bridgehead atoms. The van der Waals surface area contributed by atoms with E-state index < -0.39 is 16.0 Å². The molecule has 154 valence electrons. The number of nitrogens with one attached hydrogen (secondary N) is 1. The Morgan fingerprint density at radius 1 is 1.17 bits per heavy atom. The van der Waals surface area contributed by atoms with Gasteiger partial charge in [0.15, 0.2) is 12.4 Å². The summed E-state index contributed by atoms with van der Waals surface area (Å²) in [5.41, 5.74) is 0. The second-order valence-corrected chi connectivity index (χ2v) is 8.79. The highest BCUT2D eigenvalue weighted by Gasteiger charge is 2.16. The van der Waals surface area contributed by atoms with Gasteiger partial charge in [-0.15, -0.1) is 0 Å². The van der Waals surface area contributed by atoms with Crippen molar-refractivity contribution < 1.29 is 22.5 Å². The number of nitrogens with zero attached hydrogens (tertiary/aromatic N) is 2. The van der Waals surface area contributed by atoms with Crippen LogP contribution in [0, 0.1) is 5.92 Å². The number of carbonyl (C=O) groups is 1. The first-order valence-electron chi connectivity index (χ1n) is 9.29. The van der Waals surface area contributed by atoms with Gasteiger partial charge in [0.25, 0.3) is 5.89 Å². The van der Waals surface area contributed by atoms with Gasteiger partial charge in [-0.1, -0.05) is 49.3 Å². The third kappa shape index (κ3) is 5.85. The number of sulfonamides is 1. The van der Waals surface area contributed by atoms with Crippen LogP contribution < -0.4 is 4.72 Å². The van der Waals surface area contributed by atoms with E-state index in [1.807, 2.05) is 38.1 Å². The number of rotatable bonds is 9. The lowest BCUT2D eigenvalue weighted by Crippen LogP contribution is -2.26. The van der Waals surface area contributed by atoms with E-state index in [1.165, 1.54) is 6.07 Å². The topological polar surface area (TPSA) is 111 Å². The van der Waals surface area contributed by atoms with Gasteiger partial charge in [-0.25, -0.2) is 13.1 Å². The number of carbonyl (C=O) groups excluding carboxylic acids is 1. The zero-order valence-electron chi connectivity index (χ0n) is 16.3. The first-order chi connectivity index (χ1) is 13.8. The van der Waals surface area contributed by atoms with Crippen molar-refractivity contribution in [3.05, 3.63) is 54.2 Å². The number of esters is 1. The van der Waals surface area contributed by atoms with Gasteiger partial charge >= 0.3 is 5.97 Å². The first kappa shape index (κ1) is 20.9. The summed E-state index contributed by atoms with van der Waals surface area (Å²) in [5.74, 6) is 0.605. The molecule has 0 fully saturated rings. The molecule has 8 nitrogen and oxygen atoms in total. The molecule has 0 aliphatic rings. The Morgan fingerprint density at radius 2 is 1.93 bits per heavy atom. The molecule has 1 aromatic heterocycles. The molecule has 0 spiro atoms. The molecule has 3 aromatic rings. The van der Waals surface area contributed by atoms with Crippen molar-refractivity contribution in [1.29, 1.82) is 0 Å². The van der Waals surface area contributed by atoms with Crippen molar-refractivity contribution in [3.8, 4) is 0 Å². The van der Waals surface area contributed by atoms with Gasteiger partial charge in [0.05, 0.1) is 11.3 Å². The minimum atomic E-state index is -3.72. The van der Waals surface area contributed by atoms with Crippen molar-refractivity contribution in [3.63, 3.8) is 0 Å². The van der Waals surface area contributed by atoms with Gasteiger partial charge in [-0.3, -0.25) is 4.79 Å². The summed E-state index contributed by atoms with van der Waals surface area (Å²) < 4.78 is 37.3. The molecular formula is C20H23N3O5S. The van der Waals surface area contributed by atoms with Crippen molar-refractivity contribution >= 4 is 26.8 Å². The Labute approximate surface area is 169 Å². The molecule has 0 saturated heterocycles. The maximum Gasteiger partial charge on any atom is 0.307 e. The minimum Gasteiger partial charge on any atom is -0.456 e. The van der Waals surface area contributed by atoms with Crippen LogP contribution >= 0.6 is 0 Å². The maximum absolute atomic E-state index is 12.4. The smallest absolute Gasteiger partial charge is 0.307 e. The van der Waals surface area contributed by atoms with E-state index in [0.29, 0.717) is 18.2 Å². The lowest BCUT2D eigenvalue weighted by molar-refractivity contribution is -0.145. The highest BCUT2D eigenvalue weighted by Crippen LogP contribution is 2.18. The van der Waals surface area contributed by atoms with Crippen molar-refractivity contribution in [2.24, 2.45) is 5.92 Å². The van der Waals surface area contributed by atoms with Gasteiger partial charge in [-0.05, 0) is 28.8 Å². The van der Waals surface area contributed by atoms with E-state index >= 15 is 0 Å². The lowest BCUT2D eigenvalue weighted by atomic mass is 10.1. The van der Waals surface area contributed by atoms with Crippen LogP contribution in [0.4, 0.5) is 0 Å². The van der Waals surface area contributed by atoms with Crippen molar-refractivity contribution in [2.45, 2.75) is 38.2 Å². The van der Waals surface area contributed by atoms with E-state index in [0.717, 1.165) is 10.8 Å². The summed E-state index contributed by atoms with van der Waals surface area (Å²) in [6, 6.07) is 12.4. The number of hydrogen-bond donors (Lipinski definition) is 1. The quantitative estimate of drug-likeness (QED) is 0.533. The van der Waals surface area contributed by atoms with Crippen LogP contribution in [0.3, 0.4) is 0 Å². The van der Waals surface area contributed by atoms with Gasteiger partial charge in [-0.2, -0.15) is 4.98 Å². The first-order valence-corrected chi connectivity index (χ1v) is 10.8. The lowest BCUT2D eigenvalue weighted by Gasteiger charge is -2.08. The summed E-state index contributed by atoms with van der Waals surface area (Å²) in [6.07, 6.45) is 0.563. The molecule has 0 aliphatic heterocycles. The number of ether oxygens (including phenoxy) is 1. The van der Waals surface area contributed by atoms with Crippen LogP contribution in [0.2, 0.25) is 0 Å². The molecule has 29 heavy (non-hydrogen) atoms. The second kappa shape index (κ2) is 9.15. The van der Waals surface area contributed by atoms with Crippen LogP contribution in [-0.4, -0.2) is 31.1 Å². The molecule has 1 N–H and O–H groups in total. The zero-order chi connectivity index (χ0) is 20.9. The van der Waals surface area contributed by atoms with Crippen LogP contribution in [0.15, 0.2) is 51.9 Å². The predicted octanol–water partition coefficient (Wildman–Crippen LogP) is 2.83. The largest absolute Gasteiger partial charge is 0.456 e. The Hall–Kier alpha value is -2.78. The molecule has 0 amide bonds. The fourth-order valence-electron chi connectivity index (χ4n) is 2.72. The summed E-state index contributed by atoms with van der Waals surface area (Å²) in [4.78, 5) is 16.1. The van der Waals surface area contributed by atoms with Gasteiger partial charge < -0.3 is 9.26 Å². The third-order valence-corrected chi connectivity index (χ3v) is 5.57. The van der Waals surface area contributed by atoms with E-state index in [4.69, 9.17) is 9.26 Å². The number of fused-ring (bicyclic) bond motifs is 1. The molecule has 0 unspecified atom stereocenters. The van der Waals surface area contributed by atoms with Gasteiger partial charge in [0.1, 0.15) is 0 Å². The summed E-state index contributed by atoms with van der Waals surface area (Å²) in [5, 5.41) is 5.59. The second-order valence-electron chi connectivity index (χ2n) is 7.02. The highest BCUT2D eigenvalue weighted by atomic mass is 32.2. The molecule has 2 aromatic carbocycles. The predicted molar refractivity (Wildman–Crippen MR) is 106 cm³/mol. The van der Waals surface area contributed by atoms with E-state index in [9.17, 15) is 13.2 Å². The Morgan fingerprint density at radius 3 is 2.69 bits per heavy atom. The van der Waals surface area contributed by atoms with Crippen LogP contribution in [-0.2, 0) is 32.6 Å². The summed E-state index contributed by atoms with van der Waals surface area (Å²) in [7, 11) is -3.72. The minimum absolute atomic E-state index is 0.0730. The normalized spacial score (nSPS) is 11.8. The maximum atomic E-state index is 12.4. The van der Waals surface area contributed by atoms with E-state index in [1.54, 1.807) is 12.1 Å². The fourth-order valence-corrected chi connectivity index (χ4v) is 3.78. The van der Waals surface area contributed by atoms with Gasteiger partial charge in [0.2, 0.25) is 10.0 Å². The Kier molecular flexibility index (Phi) is 6.60. The molecule has 3 rings (SSSR count). The van der Waals surface area contributed by atoms with Crippen LogP contribution in [0.25, 0.3) is 10.8 Å². The fraction of sp³-hybridized carbons (Fsp3) is 0.350. The van der Waals surface area contributed by atoms with Gasteiger partial charge in [0, 0.05) is 13.0 Å². The average Bonchev–Trinajstić information content (AvgIpc) is 3.12. The molecule has 1 heterocycles. The molecule has 0 saturated carbocycles. The SMILES string of the molecule is CC(C)Cc1noc(COC(=O)CCNS(=O)(=O)c2ccc3ccccc3c2)n1. The van der Waals surface area contributed by atoms with Crippen molar-refractivity contribution in [2.75, 3.05) is 6.54 Å². The molecular weight excluding hydrogens is 394 g/mol. The number of aromatic nitrogens is 2. The zero-order valence-corrected chi connectivity index (χ0v) is 17.1. The highest BCUT2D eigenvalue weighted by molar-refractivity contribution is 7.89. The third-order valence-electron chi connectivity index (χ3n) is 4.11. The van der Waals surface area contributed by atoms with E-state index in [-0.39, 0.29) is 30.4 Å². The summed E-state index contributed by atoms with van der Waals surface area (Å²) in [6.45, 7) is 3.86. The van der Waals surface area contributed by atoms with E-state index in [2.05, 4.69) is 14.9 Å².